The van der Waals surface area contributed by atoms with Crippen molar-refractivity contribution in [3.63, 3.8) is 0 Å². The number of rotatable bonds is 4. The van der Waals surface area contributed by atoms with E-state index in [0.29, 0.717) is 68.8 Å². The van der Waals surface area contributed by atoms with Crippen molar-refractivity contribution < 1.29 is 27.9 Å². The molecule has 11 heteroatoms. The Hall–Kier alpha value is -4.25. The van der Waals surface area contributed by atoms with E-state index in [9.17, 15) is 23.2 Å². The maximum Gasteiger partial charge on any atom is 0.244 e. The van der Waals surface area contributed by atoms with Crippen LogP contribution in [0.2, 0.25) is 0 Å². The lowest BCUT2D eigenvalue weighted by Crippen LogP contribution is -2.54. The molecule has 1 aliphatic carbocycles. The fourth-order valence-corrected chi connectivity index (χ4v) is 7.18. The van der Waals surface area contributed by atoms with Gasteiger partial charge in [-0.05, 0) is 67.5 Å². The minimum absolute atomic E-state index is 0.120. The van der Waals surface area contributed by atoms with Crippen molar-refractivity contribution in [3.8, 4) is 0 Å². The fraction of sp³-hybridized carbons (Fsp3) is 0.387. The Morgan fingerprint density at radius 3 is 2.64 bits per heavy atom. The molecular weight excluding hydrogens is 544 g/mol. The molecule has 0 radical (unpaired) electrons. The molecule has 3 amide bonds. The Labute approximate surface area is 240 Å². The number of piperidine rings is 1. The summed E-state index contributed by atoms with van der Waals surface area (Å²) in [4.78, 5) is 50.6. The molecule has 3 aliphatic heterocycles. The zero-order chi connectivity index (χ0) is 29.1. The second kappa shape index (κ2) is 9.94. The summed E-state index contributed by atoms with van der Waals surface area (Å²) in [5.74, 6) is -1.67. The molecule has 0 bridgehead atoms. The highest BCUT2D eigenvalue weighted by Gasteiger charge is 2.52. The molecular formula is C31H29F2N5O4. The Morgan fingerprint density at radius 2 is 1.86 bits per heavy atom. The number of nitrogens with one attached hydrogen (secondary N) is 2. The molecule has 5 heterocycles. The minimum atomic E-state index is -0.784. The predicted molar refractivity (Wildman–Crippen MR) is 147 cm³/mol. The van der Waals surface area contributed by atoms with Gasteiger partial charge in [0.15, 0.2) is 0 Å². The van der Waals surface area contributed by atoms with Crippen molar-refractivity contribution in [2.75, 3.05) is 30.4 Å². The third-order valence-electron chi connectivity index (χ3n) is 9.32. The van der Waals surface area contributed by atoms with Crippen LogP contribution in [0.4, 0.5) is 20.3 Å². The van der Waals surface area contributed by atoms with Gasteiger partial charge in [-0.15, -0.1) is 0 Å². The third kappa shape index (κ3) is 4.34. The number of pyridine rings is 2. The number of benzene rings is 1. The summed E-state index contributed by atoms with van der Waals surface area (Å²) < 4.78 is 33.8. The van der Waals surface area contributed by atoms with Gasteiger partial charge in [0.1, 0.15) is 24.0 Å². The lowest BCUT2D eigenvalue weighted by Gasteiger charge is -2.47. The molecule has 7 rings (SSSR count). The van der Waals surface area contributed by atoms with Crippen molar-refractivity contribution >= 4 is 29.2 Å². The minimum Gasteiger partial charge on any atom is -0.381 e. The molecule has 2 aromatic heterocycles. The van der Waals surface area contributed by atoms with E-state index in [-0.39, 0.29) is 18.4 Å². The molecule has 42 heavy (non-hydrogen) atoms. The van der Waals surface area contributed by atoms with Crippen molar-refractivity contribution in [3.05, 3.63) is 82.8 Å². The van der Waals surface area contributed by atoms with Crippen LogP contribution in [0.15, 0.2) is 48.8 Å². The maximum absolute atomic E-state index is 14.2. The predicted octanol–water partition coefficient (Wildman–Crippen LogP) is 3.84. The third-order valence-corrected chi connectivity index (χ3v) is 9.32. The first-order chi connectivity index (χ1) is 20.3. The van der Waals surface area contributed by atoms with Crippen LogP contribution in [0.5, 0.6) is 0 Å². The van der Waals surface area contributed by atoms with Gasteiger partial charge >= 0.3 is 0 Å². The number of hydrogen-bond acceptors (Lipinski definition) is 6. The van der Waals surface area contributed by atoms with Gasteiger partial charge in [-0.3, -0.25) is 19.4 Å². The molecule has 2 saturated heterocycles. The zero-order valence-corrected chi connectivity index (χ0v) is 22.8. The number of nitrogens with zero attached hydrogens (tertiary/aromatic N) is 3. The van der Waals surface area contributed by atoms with Gasteiger partial charge in [-0.1, -0.05) is 6.07 Å². The summed E-state index contributed by atoms with van der Waals surface area (Å²) in [5, 5.41) is 5.72. The average Bonchev–Trinajstić information content (AvgIpc) is 3.48. The van der Waals surface area contributed by atoms with Crippen LogP contribution in [-0.2, 0) is 37.4 Å². The second-order valence-corrected chi connectivity index (χ2v) is 11.8. The monoisotopic (exact) mass is 573 g/mol. The van der Waals surface area contributed by atoms with Crippen molar-refractivity contribution in [1.82, 2.24) is 14.9 Å². The summed E-state index contributed by atoms with van der Waals surface area (Å²) in [6.45, 7) is 0.616. The van der Waals surface area contributed by atoms with Gasteiger partial charge in [0.25, 0.3) is 0 Å². The number of ether oxygens (including phenoxy) is 1. The van der Waals surface area contributed by atoms with Crippen LogP contribution in [0.1, 0.15) is 54.1 Å². The number of anilines is 2. The van der Waals surface area contributed by atoms with Crippen LogP contribution in [0.25, 0.3) is 0 Å². The number of aromatic nitrogens is 2. The quantitative estimate of drug-likeness (QED) is 0.491. The van der Waals surface area contributed by atoms with E-state index in [4.69, 9.17) is 4.74 Å². The van der Waals surface area contributed by atoms with E-state index < -0.39 is 34.4 Å². The normalized spacial score (nSPS) is 24.0. The summed E-state index contributed by atoms with van der Waals surface area (Å²) in [5.41, 5.74) is 1.79. The first kappa shape index (κ1) is 26.6. The first-order valence-corrected chi connectivity index (χ1v) is 14.2. The van der Waals surface area contributed by atoms with E-state index in [0.717, 1.165) is 22.9 Å². The number of fused-ring (bicyclic) bond motifs is 3. The molecule has 2 fully saturated rings. The summed E-state index contributed by atoms with van der Waals surface area (Å²) in [6.07, 6.45) is 6.14. The van der Waals surface area contributed by atoms with E-state index >= 15 is 0 Å². The molecule has 4 aliphatic rings. The fourth-order valence-electron chi connectivity index (χ4n) is 7.18. The van der Waals surface area contributed by atoms with Gasteiger partial charge in [0.2, 0.25) is 17.7 Å². The lowest BCUT2D eigenvalue weighted by molar-refractivity contribution is -0.159. The molecule has 9 nitrogen and oxygen atoms in total. The van der Waals surface area contributed by atoms with E-state index in [2.05, 4.69) is 20.6 Å². The molecule has 2 unspecified atom stereocenters. The highest BCUT2D eigenvalue weighted by Crippen LogP contribution is 2.48. The van der Waals surface area contributed by atoms with Crippen LogP contribution in [0.3, 0.4) is 0 Å². The molecule has 0 saturated carbocycles. The number of carbonyl (C=O) groups is 3. The van der Waals surface area contributed by atoms with Gasteiger partial charge in [0.05, 0.1) is 28.8 Å². The highest BCUT2D eigenvalue weighted by molar-refractivity contribution is 6.06. The number of carbonyl (C=O) groups excluding carboxylic acids is 3. The number of halogens is 2. The SMILES string of the molecule is O=C(CN1C(=O)C2(CCOCC2)CCC1c1cc(F)cc(F)c1)Nc1cnc2c(c1)CC1(C2)C(=O)Nc2ncccc21. The maximum atomic E-state index is 14.2. The van der Waals surface area contributed by atoms with E-state index in [1.165, 1.54) is 17.0 Å². The molecule has 2 N–H and O–H groups in total. The standard InChI is InChI=1S/C31H29F2N5O4/c32-20-10-18(11-21(33)13-20)25-3-4-30(5-8-42-9-6-30)29(41)38(25)17-26(39)36-22-12-19-14-31(15-24(19)35-16-22)23-2-1-7-34-27(23)37-28(31)40/h1-2,7,10-13,16,25H,3-6,8-9,14-15,17H2,(H,36,39)(H,34,37,40). The Morgan fingerprint density at radius 1 is 1.07 bits per heavy atom. The number of amides is 3. The molecule has 2 spiro atoms. The Balaban J connectivity index is 1.12. The molecule has 3 aromatic rings. The van der Waals surface area contributed by atoms with Gasteiger partial charge in [-0.2, -0.15) is 0 Å². The Bertz CT molecular complexity index is 1600. The van der Waals surface area contributed by atoms with Gasteiger partial charge < -0.3 is 20.3 Å². The van der Waals surface area contributed by atoms with Crippen LogP contribution in [-0.4, -0.2) is 52.3 Å². The van der Waals surface area contributed by atoms with Crippen LogP contribution < -0.4 is 10.6 Å². The molecule has 1 aromatic carbocycles. The summed E-state index contributed by atoms with van der Waals surface area (Å²) >= 11 is 0. The first-order valence-electron chi connectivity index (χ1n) is 14.2. The van der Waals surface area contributed by atoms with Crippen LogP contribution in [0, 0.1) is 17.0 Å². The Kier molecular flexibility index (Phi) is 6.30. The largest absolute Gasteiger partial charge is 0.381 e. The van der Waals surface area contributed by atoms with E-state index in [1.807, 2.05) is 12.1 Å². The number of hydrogen-bond donors (Lipinski definition) is 2. The topological polar surface area (TPSA) is 114 Å². The molecule has 2 atom stereocenters. The van der Waals surface area contributed by atoms with Crippen LogP contribution >= 0.6 is 0 Å². The van der Waals surface area contributed by atoms with Gasteiger partial charge in [-0.25, -0.2) is 13.8 Å². The number of likely N-dealkylation sites (tertiary alicyclic amines) is 1. The smallest absolute Gasteiger partial charge is 0.244 e. The summed E-state index contributed by atoms with van der Waals surface area (Å²) in [6, 6.07) is 8.11. The lowest BCUT2D eigenvalue weighted by atomic mass is 9.70. The van der Waals surface area contributed by atoms with Crippen molar-refractivity contribution in [2.45, 2.75) is 50.0 Å². The molecule has 216 valence electrons. The van der Waals surface area contributed by atoms with Crippen molar-refractivity contribution in [2.24, 2.45) is 5.41 Å². The van der Waals surface area contributed by atoms with E-state index in [1.54, 1.807) is 18.5 Å². The highest BCUT2D eigenvalue weighted by atomic mass is 19.1. The second-order valence-electron chi connectivity index (χ2n) is 11.8. The van der Waals surface area contributed by atoms with Gasteiger partial charge in [0, 0.05) is 43.2 Å². The average molecular weight is 574 g/mol. The zero-order valence-electron chi connectivity index (χ0n) is 22.8. The van der Waals surface area contributed by atoms with Crippen molar-refractivity contribution in [1.29, 1.82) is 0 Å². The summed E-state index contributed by atoms with van der Waals surface area (Å²) in [7, 11) is 0.